The van der Waals surface area contributed by atoms with Crippen molar-refractivity contribution in [3.8, 4) is 0 Å². The molecule has 0 saturated heterocycles. The van der Waals surface area contributed by atoms with Crippen molar-refractivity contribution in [2.75, 3.05) is 6.54 Å². The van der Waals surface area contributed by atoms with Crippen LogP contribution in [0.15, 0.2) is 34.8 Å². The molecule has 1 aliphatic heterocycles. The van der Waals surface area contributed by atoms with E-state index in [1.807, 2.05) is 6.07 Å². The van der Waals surface area contributed by atoms with Gasteiger partial charge in [-0.25, -0.2) is 0 Å². The van der Waals surface area contributed by atoms with Crippen LogP contribution in [0.3, 0.4) is 0 Å². The number of carbonyl (C=O) groups is 3. The zero-order chi connectivity index (χ0) is 16.6. The largest absolute Gasteiger partial charge is 0.481 e. The average Bonchev–Trinajstić information content (AvgIpc) is 2.53. The van der Waals surface area contributed by atoms with Gasteiger partial charge in [0.15, 0.2) is 0 Å². The lowest BCUT2D eigenvalue weighted by Gasteiger charge is -2.27. The van der Waals surface area contributed by atoms with Crippen molar-refractivity contribution in [1.29, 1.82) is 0 Å². The topological polar surface area (TPSA) is 74.7 Å². The van der Waals surface area contributed by atoms with Crippen LogP contribution in [0.1, 0.15) is 40.0 Å². The van der Waals surface area contributed by atoms with Crippen molar-refractivity contribution >= 4 is 44.5 Å². The molecule has 0 fully saturated rings. The van der Waals surface area contributed by atoms with E-state index in [0.717, 1.165) is 9.86 Å². The predicted molar refractivity (Wildman–Crippen MR) is 88.5 cm³/mol. The summed E-state index contributed by atoms with van der Waals surface area (Å²) in [6, 6.07) is 8.90. The van der Waals surface area contributed by atoms with Crippen LogP contribution < -0.4 is 0 Å². The Morgan fingerprint density at radius 2 is 1.74 bits per heavy atom. The Morgan fingerprint density at radius 1 is 1.04 bits per heavy atom. The second kappa shape index (κ2) is 6.12. The molecule has 1 aliphatic rings. The van der Waals surface area contributed by atoms with Crippen molar-refractivity contribution in [2.24, 2.45) is 0 Å². The first-order chi connectivity index (χ1) is 11.0. The third-order valence-corrected chi connectivity index (χ3v) is 4.65. The van der Waals surface area contributed by atoms with E-state index in [-0.39, 0.29) is 24.8 Å². The van der Waals surface area contributed by atoms with Crippen molar-refractivity contribution in [3.05, 3.63) is 45.9 Å². The van der Waals surface area contributed by atoms with Gasteiger partial charge in [0.1, 0.15) is 0 Å². The van der Waals surface area contributed by atoms with Crippen molar-refractivity contribution in [2.45, 2.75) is 19.3 Å². The van der Waals surface area contributed by atoms with E-state index in [0.29, 0.717) is 29.4 Å². The Hall–Kier alpha value is -2.21. The number of rotatable bonds is 5. The standard InChI is InChI=1S/C17H14BrNO4/c18-13-8-7-12-15-10(13)4-3-5-11(15)16(22)19(17(12)23)9-2-1-6-14(20)21/h3-5,7-8H,1-2,6,9H2,(H,20,21). The van der Waals surface area contributed by atoms with E-state index in [1.54, 1.807) is 24.3 Å². The number of amides is 2. The number of nitrogens with zero attached hydrogens (tertiary/aromatic N) is 1. The molecular weight excluding hydrogens is 362 g/mol. The molecule has 0 spiro atoms. The fraction of sp³-hybridized carbons (Fsp3) is 0.235. The number of hydrogen-bond acceptors (Lipinski definition) is 3. The SMILES string of the molecule is O=C(O)CCCCN1C(=O)c2cccc3c(Br)ccc(c23)C1=O. The number of aliphatic carboxylic acids is 1. The molecule has 0 unspecified atom stereocenters. The first-order valence-electron chi connectivity index (χ1n) is 7.30. The molecule has 2 aromatic rings. The highest BCUT2D eigenvalue weighted by Crippen LogP contribution is 2.34. The average molecular weight is 376 g/mol. The van der Waals surface area contributed by atoms with Crippen LogP contribution in [0.2, 0.25) is 0 Å². The van der Waals surface area contributed by atoms with Gasteiger partial charge < -0.3 is 5.11 Å². The fourth-order valence-corrected chi connectivity index (χ4v) is 3.32. The van der Waals surface area contributed by atoms with Crippen LogP contribution in [0, 0.1) is 0 Å². The van der Waals surface area contributed by atoms with Gasteiger partial charge in [-0.2, -0.15) is 0 Å². The maximum Gasteiger partial charge on any atom is 0.303 e. The molecule has 0 radical (unpaired) electrons. The van der Waals surface area contributed by atoms with Crippen molar-refractivity contribution < 1.29 is 19.5 Å². The molecule has 0 bridgehead atoms. The lowest BCUT2D eigenvalue weighted by atomic mass is 9.94. The Labute approximate surface area is 141 Å². The minimum absolute atomic E-state index is 0.0370. The lowest BCUT2D eigenvalue weighted by Crippen LogP contribution is -2.40. The zero-order valence-corrected chi connectivity index (χ0v) is 13.8. The van der Waals surface area contributed by atoms with Gasteiger partial charge in [0, 0.05) is 34.0 Å². The Kier molecular flexibility index (Phi) is 4.17. The van der Waals surface area contributed by atoms with E-state index < -0.39 is 5.97 Å². The first-order valence-corrected chi connectivity index (χ1v) is 8.09. The number of halogens is 1. The van der Waals surface area contributed by atoms with Crippen LogP contribution in [0.4, 0.5) is 0 Å². The molecule has 118 valence electrons. The summed E-state index contributed by atoms with van der Waals surface area (Å²) in [6.45, 7) is 0.233. The highest BCUT2D eigenvalue weighted by molar-refractivity contribution is 9.10. The third kappa shape index (κ3) is 2.74. The third-order valence-electron chi connectivity index (χ3n) is 3.96. The minimum atomic E-state index is -0.874. The number of carboxylic acid groups (broad SMARTS) is 1. The second-order valence-electron chi connectivity index (χ2n) is 5.44. The van der Waals surface area contributed by atoms with Gasteiger partial charge >= 0.3 is 5.97 Å². The van der Waals surface area contributed by atoms with Crippen molar-refractivity contribution in [3.63, 3.8) is 0 Å². The molecule has 1 N–H and O–H groups in total. The summed E-state index contributed by atoms with van der Waals surface area (Å²) in [5.74, 6) is -1.51. The molecule has 5 nitrogen and oxygen atoms in total. The van der Waals surface area contributed by atoms with E-state index in [1.165, 1.54) is 4.90 Å². The normalized spacial score (nSPS) is 13.7. The molecule has 6 heteroatoms. The van der Waals surface area contributed by atoms with E-state index in [4.69, 9.17) is 5.11 Å². The molecule has 0 saturated carbocycles. The summed E-state index contributed by atoms with van der Waals surface area (Å²) in [5.41, 5.74) is 1.02. The van der Waals surface area contributed by atoms with Gasteiger partial charge in [-0.3, -0.25) is 19.3 Å². The summed E-state index contributed by atoms with van der Waals surface area (Å²) in [5, 5.41) is 10.2. The Morgan fingerprint density at radius 3 is 2.43 bits per heavy atom. The molecule has 3 rings (SSSR count). The maximum absolute atomic E-state index is 12.6. The van der Waals surface area contributed by atoms with Crippen LogP contribution in [0.5, 0.6) is 0 Å². The van der Waals surface area contributed by atoms with Crippen LogP contribution in [0.25, 0.3) is 10.8 Å². The van der Waals surface area contributed by atoms with E-state index >= 15 is 0 Å². The molecule has 2 aromatic carbocycles. The quantitative estimate of drug-likeness (QED) is 0.641. The van der Waals surface area contributed by atoms with Crippen LogP contribution >= 0.6 is 15.9 Å². The van der Waals surface area contributed by atoms with Gasteiger partial charge in [-0.05, 0) is 36.4 Å². The Bertz CT molecular complexity index is 808. The molecule has 0 aliphatic carbocycles. The van der Waals surface area contributed by atoms with Gasteiger partial charge in [-0.1, -0.05) is 28.1 Å². The number of carbonyl (C=O) groups excluding carboxylic acids is 2. The smallest absolute Gasteiger partial charge is 0.303 e. The zero-order valence-electron chi connectivity index (χ0n) is 12.2. The predicted octanol–water partition coefficient (Wildman–Crippen LogP) is 3.45. The molecule has 0 aromatic heterocycles. The van der Waals surface area contributed by atoms with Gasteiger partial charge in [0.2, 0.25) is 0 Å². The van der Waals surface area contributed by atoms with Gasteiger partial charge in [-0.15, -0.1) is 0 Å². The number of carboxylic acids is 1. The van der Waals surface area contributed by atoms with Crippen molar-refractivity contribution in [1.82, 2.24) is 4.90 Å². The van der Waals surface area contributed by atoms with Crippen LogP contribution in [-0.4, -0.2) is 34.3 Å². The highest BCUT2D eigenvalue weighted by Gasteiger charge is 2.32. The summed E-state index contributed by atoms with van der Waals surface area (Å²) in [6.07, 6.45) is 0.949. The summed E-state index contributed by atoms with van der Waals surface area (Å²) < 4.78 is 0.841. The first kappa shape index (κ1) is 15.7. The number of imide groups is 1. The molecule has 1 heterocycles. The number of hydrogen-bond donors (Lipinski definition) is 1. The number of benzene rings is 2. The number of unbranched alkanes of at least 4 members (excludes halogenated alkanes) is 1. The fourth-order valence-electron chi connectivity index (χ4n) is 2.86. The van der Waals surface area contributed by atoms with Gasteiger partial charge in [0.05, 0.1) is 0 Å². The lowest BCUT2D eigenvalue weighted by molar-refractivity contribution is -0.137. The summed E-state index contributed by atoms with van der Waals surface area (Å²) in [4.78, 5) is 37.0. The van der Waals surface area contributed by atoms with E-state index in [2.05, 4.69) is 15.9 Å². The maximum atomic E-state index is 12.6. The molecule has 2 amide bonds. The second-order valence-corrected chi connectivity index (χ2v) is 6.29. The summed E-state index contributed by atoms with van der Waals surface area (Å²) >= 11 is 3.45. The summed E-state index contributed by atoms with van der Waals surface area (Å²) in [7, 11) is 0. The van der Waals surface area contributed by atoms with E-state index in [9.17, 15) is 14.4 Å². The monoisotopic (exact) mass is 375 g/mol. The van der Waals surface area contributed by atoms with Crippen LogP contribution in [-0.2, 0) is 4.79 Å². The minimum Gasteiger partial charge on any atom is -0.481 e. The molecule has 23 heavy (non-hydrogen) atoms. The molecular formula is C17H14BrNO4. The Balaban J connectivity index is 1.94. The van der Waals surface area contributed by atoms with Gasteiger partial charge in [0.25, 0.3) is 11.8 Å². The highest BCUT2D eigenvalue weighted by atomic mass is 79.9. The molecule has 0 atom stereocenters.